The quantitative estimate of drug-likeness (QED) is 0.780. The van der Waals surface area contributed by atoms with Crippen LogP contribution >= 0.6 is 0 Å². The maximum absolute atomic E-state index is 3.59. The molecule has 0 saturated carbocycles. The van der Waals surface area contributed by atoms with Crippen molar-refractivity contribution in [2.75, 3.05) is 6.54 Å². The van der Waals surface area contributed by atoms with E-state index < -0.39 is 0 Å². The Hall–Kier alpha value is -1.26. The summed E-state index contributed by atoms with van der Waals surface area (Å²) in [6.07, 6.45) is 3.39. The summed E-state index contributed by atoms with van der Waals surface area (Å²) in [5, 5.41) is 3.59. The first kappa shape index (κ1) is 12.2. The molecule has 0 radical (unpaired) electrons. The van der Waals surface area contributed by atoms with Crippen LogP contribution in [0.25, 0.3) is 0 Å². The van der Waals surface area contributed by atoms with Gasteiger partial charge >= 0.3 is 0 Å². The zero-order valence-corrected chi connectivity index (χ0v) is 10.8. The molecular formula is C16H21N. The highest BCUT2D eigenvalue weighted by Gasteiger charge is 2.27. The standard InChI is InChI=1S/C16H21N/c1-3-5-10-16(17-4-2)15-11-13-8-6-7-9-14(13)12-15/h6-9,15-17H,4,10-12H2,1-2H3. The third kappa shape index (κ3) is 2.90. The van der Waals surface area contributed by atoms with Gasteiger partial charge in [0.25, 0.3) is 0 Å². The maximum Gasteiger partial charge on any atom is 0.0246 e. The summed E-state index contributed by atoms with van der Waals surface area (Å²) >= 11 is 0. The van der Waals surface area contributed by atoms with Gasteiger partial charge in [-0.15, -0.1) is 11.8 Å². The Balaban J connectivity index is 2.05. The molecule has 1 aromatic carbocycles. The zero-order chi connectivity index (χ0) is 12.1. The van der Waals surface area contributed by atoms with Gasteiger partial charge in [-0.2, -0.15) is 0 Å². The van der Waals surface area contributed by atoms with E-state index in [1.807, 2.05) is 6.92 Å². The molecule has 1 atom stereocenters. The van der Waals surface area contributed by atoms with Crippen LogP contribution in [0.2, 0.25) is 0 Å². The van der Waals surface area contributed by atoms with E-state index in [0.717, 1.165) is 13.0 Å². The lowest BCUT2D eigenvalue weighted by atomic mass is 9.94. The smallest absolute Gasteiger partial charge is 0.0246 e. The maximum atomic E-state index is 3.59. The van der Waals surface area contributed by atoms with Crippen molar-refractivity contribution in [3.05, 3.63) is 35.4 Å². The third-order valence-corrected chi connectivity index (χ3v) is 3.62. The first-order valence-electron chi connectivity index (χ1n) is 6.55. The van der Waals surface area contributed by atoms with Gasteiger partial charge in [-0.05, 0) is 43.4 Å². The molecule has 0 saturated heterocycles. The summed E-state index contributed by atoms with van der Waals surface area (Å²) in [4.78, 5) is 0. The van der Waals surface area contributed by atoms with Gasteiger partial charge in [0.1, 0.15) is 0 Å². The number of rotatable bonds is 4. The van der Waals surface area contributed by atoms with Crippen LogP contribution in [0.4, 0.5) is 0 Å². The Bertz CT molecular complexity index is 400. The van der Waals surface area contributed by atoms with Gasteiger partial charge in [-0.25, -0.2) is 0 Å². The number of hydrogen-bond acceptors (Lipinski definition) is 1. The average molecular weight is 227 g/mol. The summed E-state index contributed by atoms with van der Waals surface area (Å²) in [5.41, 5.74) is 3.06. The third-order valence-electron chi connectivity index (χ3n) is 3.62. The van der Waals surface area contributed by atoms with Gasteiger partial charge < -0.3 is 5.32 Å². The monoisotopic (exact) mass is 227 g/mol. The normalized spacial score (nSPS) is 16.1. The molecule has 1 N–H and O–H groups in total. The van der Waals surface area contributed by atoms with E-state index in [2.05, 4.69) is 48.3 Å². The molecule has 1 heteroatoms. The molecule has 1 unspecified atom stereocenters. The van der Waals surface area contributed by atoms with Gasteiger partial charge in [-0.1, -0.05) is 31.2 Å². The van der Waals surface area contributed by atoms with E-state index >= 15 is 0 Å². The van der Waals surface area contributed by atoms with Crippen molar-refractivity contribution in [1.82, 2.24) is 5.32 Å². The highest BCUT2D eigenvalue weighted by Crippen LogP contribution is 2.29. The van der Waals surface area contributed by atoms with E-state index in [1.165, 1.54) is 24.0 Å². The molecule has 1 aliphatic carbocycles. The molecule has 90 valence electrons. The Kier molecular flexibility index (Phi) is 4.23. The molecule has 1 aromatic rings. The molecule has 0 amide bonds. The zero-order valence-electron chi connectivity index (χ0n) is 10.8. The molecule has 0 spiro atoms. The van der Waals surface area contributed by atoms with Gasteiger partial charge in [0, 0.05) is 12.5 Å². The SMILES string of the molecule is CC#CCC(NCC)C1Cc2ccccc2C1. The second kappa shape index (κ2) is 5.89. The number of benzene rings is 1. The van der Waals surface area contributed by atoms with Gasteiger partial charge in [0.15, 0.2) is 0 Å². The van der Waals surface area contributed by atoms with Crippen LogP contribution in [0.15, 0.2) is 24.3 Å². The highest BCUT2D eigenvalue weighted by molar-refractivity contribution is 5.32. The molecule has 1 aliphatic rings. The predicted octanol–water partition coefficient (Wildman–Crippen LogP) is 2.79. The van der Waals surface area contributed by atoms with Crippen molar-refractivity contribution in [3.8, 4) is 11.8 Å². The molecule has 0 heterocycles. The van der Waals surface area contributed by atoms with Crippen molar-refractivity contribution in [2.45, 2.75) is 39.2 Å². The van der Waals surface area contributed by atoms with E-state index in [9.17, 15) is 0 Å². The predicted molar refractivity (Wildman–Crippen MR) is 72.9 cm³/mol. The summed E-state index contributed by atoms with van der Waals surface area (Å²) in [7, 11) is 0. The second-order valence-electron chi connectivity index (χ2n) is 4.73. The van der Waals surface area contributed by atoms with Crippen molar-refractivity contribution in [2.24, 2.45) is 5.92 Å². The van der Waals surface area contributed by atoms with Crippen LogP contribution in [0.1, 0.15) is 31.4 Å². The van der Waals surface area contributed by atoms with E-state index in [0.29, 0.717) is 12.0 Å². The van der Waals surface area contributed by atoms with Crippen LogP contribution in [0.3, 0.4) is 0 Å². The van der Waals surface area contributed by atoms with Crippen LogP contribution in [0.5, 0.6) is 0 Å². The molecule has 0 aromatic heterocycles. The fourth-order valence-electron chi connectivity index (χ4n) is 2.76. The van der Waals surface area contributed by atoms with Crippen molar-refractivity contribution < 1.29 is 0 Å². The molecule has 0 aliphatic heterocycles. The van der Waals surface area contributed by atoms with Crippen LogP contribution < -0.4 is 5.32 Å². The minimum absolute atomic E-state index is 0.542. The van der Waals surface area contributed by atoms with Crippen LogP contribution in [-0.2, 0) is 12.8 Å². The first-order valence-corrected chi connectivity index (χ1v) is 6.55. The number of hydrogen-bond donors (Lipinski definition) is 1. The highest BCUT2D eigenvalue weighted by atomic mass is 14.9. The van der Waals surface area contributed by atoms with Gasteiger partial charge in [0.2, 0.25) is 0 Å². The number of nitrogens with one attached hydrogen (secondary N) is 1. The minimum Gasteiger partial charge on any atom is -0.313 e. The Labute approximate surface area is 105 Å². The number of fused-ring (bicyclic) bond motifs is 1. The molecule has 0 fully saturated rings. The Morgan fingerprint density at radius 3 is 2.47 bits per heavy atom. The van der Waals surface area contributed by atoms with Crippen molar-refractivity contribution >= 4 is 0 Å². The van der Waals surface area contributed by atoms with Crippen molar-refractivity contribution in [3.63, 3.8) is 0 Å². The summed E-state index contributed by atoms with van der Waals surface area (Å²) < 4.78 is 0. The first-order chi connectivity index (χ1) is 8.35. The fraction of sp³-hybridized carbons (Fsp3) is 0.500. The van der Waals surface area contributed by atoms with Crippen molar-refractivity contribution in [1.29, 1.82) is 0 Å². The van der Waals surface area contributed by atoms with Gasteiger partial charge in [0.05, 0.1) is 0 Å². The lowest BCUT2D eigenvalue weighted by Gasteiger charge is -2.22. The largest absolute Gasteiger partial charge is 0.313 e. The average Bonchev–Trinajstić information content (AvgIpc) is 2.78. The summed E-state index contributed by atoms with van der Waals surface area (Å²) in [6, 6.07) is 9.37. The second-order valence-corrected chi connectivity index (χ2v) is 4.73. The molecular weight excluding hydrogens is 206 g/mol. The van der Waals surface area contributed by atoms with E-state index in [4.69, 9.17) is 0 Å². The van der Waals surface area contributed by atoms with Gasteiger partial charge in [-0.3, -0.25) is 0 Å². The lowest BCUT2D eigenvalue weighted by molar-refractivity contribution is 0.376. The fourth-order valence-corrected chi connectivity index (χ4v) is 2.76. The Morgan fingerprint density at radius 1 is 1.29 bits per heavy atom. The van der Waals surface area contributed by atoms with Crippen LogP contribution in [0, 0.1) is 17.8 Å². The lowest BCUT2D eigenvalue weighted by Crippen LogP contribution is -2.36. The topological polar surface area (TPSA) is 12.0 Å². The molecule has 17 heavy (non-hydrogen) atoms. The molecule has 2 rings (SSSR count). The van der Waals surface area contributed by atoms with Crippen LogP contribution in [-0.4, -0.2) is 12.6 Å². The Morgan fingerprint density at radius 2 is 1.94 bits per heavy atom. The summed E-state index contributed by atoms with van der Waals surface area (Å²) in [5.74, 6) is 6.95. The summed E-state index contributed by atoms with van der Waals surface area (Å²) in [6.45, 7) is 5.13. The van der Waals surface area contributed by atoms with E-state index in [1.54, 1.807) is 0 Å². The molecule has 0 bridgehead atoms. The van der Waals surface area contributed by atoms with E-state index in [-0.39, 0.29) is 0 Å². The molecule has 1 nitrogen and oxygen atoms in total. The minimum atomic E-state index is 0.542.